The number of nitrogens with one attached hydrogen (secondary N) is 1. The molecule has 7 nitrogen and oxygen atoms in total. The summed E-state index contributed by atoms with van der Waals surface area (Å²) in [5.41, 5.74) is 1.09. The van der Waals surface area contributed by atoms with Crippen molar-refractivity contribution in [3.8, 4) is 5.75 Å². The molecule has 7 heteroatoms. The van der Waals surface area contributed by atoms with Crippen molar-refractivity contribution in [2.24, 2.45) is 5.92 Å². The van der Waals surface area contributed by atoms with E-state index in [-0.39, 0.29) is 17.4 Å². The van der Waals surface area contributed by atoms with Crippen molar-refractivity contribution in [2.45, 2.75) is 45.3 Å². The van der Waals surface area contributed by atoms with Gasteiger partial charge in [-0.05, 0) is 62.9 Å². The first-order valence-corrected chi connectivity index (χ1v) is 12.5. The number of rotatable bonds is 9. The molecule has 2 aliphatic heterocycles. The summed E-state index contributed by atoms with van der Waals surface area (Å²) in [7, 11) is 0. The SMILES string of the molecule is CC1(C)CC(C(=O)NCCCOc2ccc(CN3CCN(c4ccccn4)CC3)cc2)CCO1. The lowest BCUT2D eigenvalue weighted by Crippen LogP contribution is -2.46. The molecule has 184 valence electrons. The average molecular weight is 467 g/mol. The summed E-state index contributed by atoms with van der Waals surface area (Å²) in [6, 6.07) is 14.5. The number of amides is 1. The van der Waals surface area contributed by atoms with Crippen molar-refractivity contribution in [1.82, 2.24) is 15.2 Å². The number of hydrogen-bond donors (Lipinski definition) is 1. The molecule has 0 spiro atoms. The Kier molecular flexibility index (Phi) is 8.40. The third kappa shape index (κ3) is 7.18. The zero-order valence-corrected chi connectivity index (χ0v) is 20.5. The molecule has 1 aromatic carbocycles. The highest BCUT2D eigenvalue weighted by molar-refractivity contribution is 5.78. The van der Waals surface area contributed by atoms with Crippen LogP contribution in [-0.4, -0.2) is 67.3 Å². The summed E-state index contributed by atoms with van der Waals surface area (Å²) in [5, 5.41) is 3.06. The number of benzene rings is 1. The number of aromatic nitrogens is 1. The van der Waals surface area contributed by atoms with E-state index >= 15 is 0 Å². The fraction of sp³-hybridized carbons (Fsp3) is 0.556. The second-order valence-corrected chi connectivity index (χ2v) is 9.89. The Hall–Kier alpha value is -2.64. The maximum absolute atomic E-state index is 12.4. The fourth-order valence-electron chi connectivity index (χ4n) is 4.70. The first-order chi connectivity index (χ1) is 16.5. The number of piperazine rings is 1. The molecule has 0 saturated carbocycles. The van der Waals surface area contributed by atoms with Gasteiger partial charge in [0, 0.05) is 58.0 Å². The molecular weight excluding hydrogens is 428 g/mol. The Labute approximate surface area is 203 Å². The summed E-state index contributed by atoms with van der Waals surface area (Å²) >= 11 is 0. The van der Waals surface area contributed by atoms with Crippen LogP contribution in [0.1, 0.15) is 38.7 Å². The standard InChI is InChI=1S/C27H38N4O3/c1-27(2)20-23(11-19-34-27)26(32)29-13-5-18-33-24-9-7-22(8-10-24)21-30-14-16-31(17-15-30)25-6-3-4-12-28-25/h3-4,6-10,12,23H,5,11,13-21H2,1-2H3,(H,29,32). The highest BCUT2D eigenvalue weighted by Gasteiger charge is 2.32. The summed E-state index contributed by atoms with van der Waals surface area (Å²) in [5.74, 6) is 2.13. The largest absolute Gasteiger partial charge is 0.494 e. The molecule has 1 atom stereocenters. The van der Waals surface area contributed by atoms with Gasteiger partial charge in [0.05, 0.1) is 12.2 Å². The van der Waals surface area contributed by atoms with Crippen LogP contribution in [0.2, 0.25) is 0 Å². The molecule has 1 N–H and O–H groups in total. The maximum Gasteiger partial charge on any atom is 0.223 e. The van der Waals surface area contributed by atoms with Crippen molar-refractivity contribution in [3.63, 3.8) is 0 Å². The van der Waals surface area contributed by atoms with Crippen molar-refractivity contribution in [3.05, 3.63) is 54.2 Å². The minimum atomic E-state index is -0.205. The molecule has 0 bridgehead atoms. The molecule has 3 heterocycles. The number of nitrogens with zero attached hydrogens (tertiary/aromatic N) is 3. The van der Waals surface area contributed by atoms with Crippen LogP contribution in [0.5, 0.6) is 5.75 Å². The Balaban J connectivity index is 1.11. The monoisotopic (exact) mass is 466 g/mol. The van der Waals surface area contributed by atoms with E-state index in [0.717, 1.165) is 63.6 Å². The van der Waals surface area contributed by atoms with E-state index in [9.17, 15) is 4.79 Å². The second kappa shape index (κ2) is 11.7. The van der Waals surface area contributed by atoms with Crippen LogP contribution in [0.15, 0.2) is 48.7 Å². The highest BCUT2D eigenvalue weighted by atomic mass is 16.5. The van der Waals surface area contributed by atoms with Gasteiger partial charge in [0.25, 0.3) is 0 Å². The van der Waals surface area contributed by atoms with Crippen LogP contribution in [0, 0.1) is 5.92 Å². The van der Waals surface area contributed by atoms with Gasteiger partial charge in [0.15, 0.2) is 0 Å². The second-order valence-electron chi connectivity index (χ2n) is 9.89. The summed E-state index contributed by atoms with van der Waals surface area (Å²) in [6.45, 7) is 11.0. The van der Waals surface area contributed by atoms with Gasteiger partial charge in [0.1, 0.15) is 11.6 Å². The van der Waals surface area contributed by atoms with Gasteiger partial charge in [0.2, 0.25) is 5.91 Å². The molecule has 2 aliphatic rings. The molecule has 0 aliphatic carbocycles. The van der Waals surface area contributed by atoms with E-state index in [1.807, 2.05) is 30.5 Å². The third-order valence-electron chi connectivity index (χ3n) is 6.63. The Morgan fingerprint density at radius 1 is 1.15 bits per heavy atom. The number of carbonyl (C=O) groups is 1. The van der Waals surface area contributed by atoms with Crippen LogP contribution in [0.25, 0.3) is 0 Å². The zero-order chi connectivity index (χ0) is 23.8. The molecule has 4 rings (SSSR count). The number of pyridine rings is 1. The van der Waals surface area contributed by atoms with Crippen LogP contribution in [0.4, 0.5) is 5.82 Å². The number of carbonyl (C=O) groups excluding carboxylic acids is 1. The number of ether oxygens (including phenoxy) is 2. The molecule has 2 aromatic rings. The normalized spacial score (nSPS) is 20.6. The summed E-state index contributed by atoms with van der Waals surface area (Å²) < 4.78 is 11.6. The summed E-state index contributed by atoms with van der Waals surface area (Å²) in [6.07, 6.45) is 4.23. The quantitative estimate of drug-likeness (QED) is 0.571. The molecule has 1 aromatic heterocycles. The zero-order valence-electron chi connectivity index (χ0n) is 20.5. The smallest absolute Gasteiger partial charge is 0.223 e. The van der Waals surface area contributed by atoms with Crippen molar-refractivity contribution >= 4 is 11.7 Å². The maximum atomic E-state index is 12.4. The Bertz CT molecular complexity index is 896. The summed E-state index contributed by atoms with van der Waals surface area (Å²) in [4.78, 5) is 21.7. The van der Waals surface area contributed by atoms with E-state index in [1.165, 1.54) is 5.56 Å². The molecule has 34 heavy (non-hydrogen) atoms. The molecule has 2 fully saturated rings. The minimum Gasteiger partial charge on any atom is -0.494 e. The Morgan fingerprint density at radius 3 is 2.65 bits per heavy atom. The molecule has 1 amide bonds. The first-order valence-electron chi connectivity index (χ1n) is 12.5. The molecular formula is C27H38N4O3. The Morgan fingerprint density at radius 2 is 1.94 bits per heavy atom. The van der Waals surface area contributed by atoms with Crippen molar-refractivity contribution in [2.75, 3.05) is 50.8 Å². The van der Waals surface area contributed by atoms with Gasteiger partial charge >= 0.3 is 0 Å². The van der Waals surface area contributed by atoms with Gasteiger partial charge in [-0.2, -0.15) is 0 Å². The predicted octanol–water partition coefficient (Wildman–Crippen LogP) is 3.49. The van der Waals surface area contributed by atoms with E-state index < -0.39 is 0 Å². The van der Waals surface area contributed by atoms with Crippen LogP contribution in [0.3, 0.4) is 0 Å². The van der Waals surface area contributed by atoms with E-state index in [2.05, 4.69) is 52.1 Å². The lowest BCUT2D eigenvalue weighted by Gasteiger charge is -2.35. The fourth-order valence-corrected chi connectivity index (χ4v) is 4.70. The van der Waals surface area contributed by atoms with Crippen LogP contribution in [-0.2, 0) is 16.1 Å². The topological polar surface area (TPSA) is 66.9 Å². The van der Waals surface area contributed by atoms with Gasteiger partial charge < -0.3 is 19.7 Å². The van der Waals surface area contributed by atoms with Gasteiger partial charge in [-0.3, -0.25) is 9.69 Å². The number of anilines is 1. The highest BCUT2D eigenvalue weighted by Crippen LogP contribution is 2.28. The third-order valence-corrected chi connectivity index (χ3v) is 6.63. The van der Waals surface area contributed by atoms with Gasteiger partial charge in [-0.1, -0.05) is 18.2 Å². The lowest BCUT2D eigenvalue weighted by atomic mass is 9.88. The van der Waals surface area contributed by atoms with Crippen LogP contribution < -0.4 is 15.0 Å². The predicted molar refractivity (Wildman–Crippen MR) is 134 cm³/mol. The lowest BCUT2D eigenvalue weighted by molar-refractivity contribution is -0.135. The van der Waals surface area contributed by atoms with Gasteiger partial charge in [-0.25, -0.2) is 4.98 Å². The van der Waals surface area contributed by atoms with Crippen LogP contribution >= 0.6 is 0 Å². The van der Waals surface area contributed by atoms with E-state index in [4.69, 9.17) is 9.47 Å². The van der Waals surface area contributed by atoms with E-state index in [1.54, 1.807) is 0 Å². The minimum absolute atomic E-state index is 0.0511. The van der Waals surface area contributed by atoms with Crippen molar-refractivity contribution in [1.29, 1.82) is 0 Å². The average Bonchev–Trinajstić information content (AvgIpc) is 2.85. The number of hydrogen-bond acceptors (Lipinski definition) is 6. The van der Waals surface area contributed by atoms with Gasteiger partial charge in [-0.15, -0.1) is 0 Å². The molecule has 1 unspecified atom stereocenters. The van der Waals surface area contributed by atoms with E-state index in [0.29, 0.717) is 19.8 Å². The van der Waals surface area contributed by atoms with Crippen molar-refractivity contribution < 1.29 is 14.3 Å². The molecule has 2 saturated heterocycles. The first kappa shape index (κ1) is 24.5. The molecule has 0 radical (unpaired) electrons.